The van der Waals surface area contributed by atoms with E-state index >= 15 is 0 Å². The number of carbonyl (C=O) groups is 2. The molecule has 2 atom stereocenters. The number of hydrogen-bond donors (Lipinski definition) is 3. The van der Waals surface area contributed by atoms with E-state index in [1.54, 1.807) is 12.2 Å². The minimum absolute atomic E-state index is 0.125. The molecule has 0 amide bonds. The molecular weight excluding hydrogens is 281 g/mol. The number of nitrogens with two attached hydrogens (primary N) is 1. The minimum atomic E-state index is -1.22. The minimum Gasteiger partial charge on any atom is -0.481 e. The van der Waals surface area contributed by atoms with Gasteiger partial charge in [0, 0.05) is 6.42 Å². The molecule has 0 aliphatic heterocycles. The molecule has 0 aromatic heterocycles. The first-order valence-corrected chi connectivity index (χ1v) is 6.45. The highest BCUT2D eigenvalue weighted by Gasteiger charge is 2.25. The number of ether oxygens (including phenoxy) is 1. The van der Waals surface area contributed by atoms with Crippen LogP contribution < -0.4 is 5.73 Å². The van der Waals surface area contributed by atoms with Gasteiger partial charge in [0.25, 0.3) is 0 Å². The second-order valence-corrected chi connectivity index (χ2v) is 4.76. The van der Waals surface area contributed by atoms with E-state index in [4.69, 9.17) is 20.7 Å². The summed E-state index contributed by atoms with van der Waals surface area (Å²) >= 11 is 0. The molecule has 6 nitrogen and oxygen atoms in total. The zero-order valence-corrected chi connectivity index (χ0v) is 11.4. The summed E-state index contributed by atoms with van der Waals surface area (Å²) in [5.74, 6) is -2.54. The number of rotatable bonds is 8. The Morgan fingerprint density at radius 1 is 1.33 bits per heavy atom. The van der Waals surface area contributed by atoms with Crippen molar-refractivity contribution in [1.29, 1.82) is 0 Å². The van der Waals surface area contributed by atoms with Gasteiger partial charge in [-0.25, -0.2) is 4.39 Å². The van der Waals surface area contributed by atoms with Crippen molar-refractivity contribution in [2.24, 2.45) is 11.7 Å². The predicted octanol–water partition coefficient (Wildman–Crippen LogP) is 1.94. The van der Waals surface area contributed by atoms with Crippen molar-refractivity contribution in [2.75, 3.05) is 0 Å². The smallest absolute Gasteiger partial charge is 0.320 e. The van der Waals surface area contributed by atoms with Crippen molar-refractivity contribution in [3.05, 3.63) is 36.1 Å². The summed E-state index contributed by atoms with van der Waals surface area (Å²) in [6.45, 7) is 0. The van der Waals surface area contributed by atoms with E-state index in [0.29, 0.717) is 18.6 Å². The Bertz CT molecular complexity index is 484. The van der Waals surface area contributed by atoms with Gasteiger partial charge < -0.3 is 20.7 Å². The van der Waals surface area contributed by atoms with Crippen LogP contribution in [0.1, 0.15) is 25.7 Å². The van der Waals surface area contributed by atoms with Crippen molar-refractivity contribution in [3.63, 3.8) is 0 Å². The van der Waals surface area contributed by atoms with Crippen LogP contribution in [0.4, 0.5) is 4.39 Å². The molecule has 1 unspecified atom stereocenters. The highest BCUT2D eigenvalue weighted by molar-refractivity contribution is 5.76. The first kappa shape index (κ1) is 16.9. The normalized spacial score (nSPS) is 17.8. The van der Waals surface area contributed by atoms with Crippen LogP contribution in [0.3, 0.4) is 0 Å². The summed E-state index contributed by atoms with van der Waals surface area (Å²) in [7, 11) is 0. The van der Waals surface area contributed by atoms with Crippen LogP contribution in [0, 0.1) is 5.92 Å². The first-order chi connectivity index (χ1) is 9.93. The Morgan fingerprint density at radius 2 is 2.05 bits per heavy atom. The molecule has 21 heavy (non-hydrogen) atoms. The lowest BCUT2D eigenvalue weighted by molar-refractivity contribution is -0.143. The molecule has 7 heteroatoms. The predicted molar refractivity (Wildman–Crippen MR) is 72.7 cm³/mol. The lowest BCUT2D eigenvalue weighted by Gasteiger charge is -2.19. The molecule has 0 bridgehead atoms. The van der Waals surface area contributed by atoms with E-state index < -0.39 is 23.9 Å². The second kappa shape index (κ2) is 8.21. The van der Waals surface area contributed by atoms with Crippen LogP contribution in [0.15, 0.2) is 36.1 Å². The van der Waals surface area contributed by atoms with E-state index in [2.05, 4.69) is 0 Å². The van der Waals surface area contributed by atoms with Crippen molar-refractivity contribution in [3.8, 4) is 0 Å². The van der Waals surface area contributed by atoms with Crippen molar-refractivity contribution in [2.45, 2.75) is 31.7 Å². The Hall–Kier alpha value is -2.15. The van der Waals surface area contributed by atoms with E-state index in [1.165, 1.54) is 0 Å². The third kappa shape index (κ3) is 5.78. The third-order valence-electron chi connectivity index (χ3n) is 3.18. The lowest BCUT2D eigenvalue weighted by Crippen LogP contribution is -2.34. The molecule has 116 valence electrons. The maximum absolute atomic E-state index is 11.8. The van der Waals surface area contributed by atoms with Crippen molar-refractivity contribution in [1.82, 2.24) is 0 Å². The highest BCUT2D eigenvalue weighted by atomic mass is 19.1. The van der Waals surface area contributed by atoms with Crippen molar-refractivity contribution < 1.29 is 28.9 Å². The van der Waals surface area contributed by atoms with Gasteiger partial charge in [0.1, 0.15) is 24.4 Å². The van der Waals surface area contributed by atoms with Crippen LogP contribution in [-0.2, 0) is 14.3 Å². The van der Waals surface area contributed by atoms with Gasteiger partial charge in [0.05, 0.1) is 5.92 Å². The molecule has 0 radical (unpaired) electrons. The quantitative estimate of drug-likeness (QED) is 0.591. The lowest BCUT2D eigenvalue weighted by atomic mass is 9.89. The fourth-order valence-electron chi connectivity index (χ4n) is 2.04. The van der Waals surface area contributed by atoms with Gasteiger partial charge in [0.2, 0.25) is 0 Å². The average molecular weight is 299 g/mol. The molecular formula is C14H18FNO5. The van der Waals surface area contributed by atoms with Crippen LogP contribution in [-0.4, -0.2) is 28.2 Å². The van der Waals surface area contributed by atoms with Gasteiger partial charge >= 0.3 is 11.9 Å². The largest absolute Gasteiger partial charge is 0.481 e. The Labute approximate surface area is 121 Å². The number of carboxylic acid groups (broad SMARTS) is 2. The summed E-state index contributed by atoms with van der Waals surface area (Å²) in [6, 6.07) is -1.19. The SMILES string of the molecule is N[C@H](CC(CC1=CC=C(O/C=C/F)CC1)C(=O)O)C(=O)O. The molecule has 0 saturated heterocycles. The molecule has 0 aromatic carbocycles. The third-order valence-corrected chi connectivity index (χ3v) is 3.18. The summed E-state index contributed by atoms with van der Waals surface area (Å²) in [4.78, 5) is 21.9. The van der Waals surface area contributed by atoms with Gasteiger partial charge in [-0.3, -0.25) is 9.59 Å². The standard InChI is InChI=1S/C14H18FNO5/c15-5-6-21-11-3-1-9(2-4-11)7-10(13(17)18)8-12(16)14(19)20/h1,3,5-6,10,12H,2,4,7-8,16H2,(H,17,18)(H,19,20)/b6-5+/t10?,12-/m1/s1. The fourth-order valence-corrected chi connectivity index (χ4v) is 2.04. The van der Waals surface area contributed by atoms with Crippen LogP contribution in [0.5, 0.6) is 0 Å². The van der Waals surface area contributed by atoms with Gasteiger partial charge in [-0.2, -0.15) is 0 Å². The van der Waals surface area contributed by atoms with Gasteiger partial charge in [-0.05, 0) is 25.3 Å². The average Bonchev–Trinajstić information content (AvgIpc) is 2.45. The molecule has 0 spiro atoms. The summed E-state index contributed by atoms with van der Waals surface area (Å²) < 4.78 is 16.8. The Kier molecular flexibility index (Phi) is 6.61. The molecule has 1 aliphatic carbocycles. The van der Waals surface area contributed by atoms with Gasteiger partial charge in [0.15, 0.2) is 0 Å². The molecule has 1 rings (SSSR count). The molecule has 1 aliphatic rings. The first-order valence-electron chi connectivity index (χ1n) is 6.45. The molecule has 4 N–H and O–H groups in total. The number of halogens is 1. The zero-order chi connectivity index (χ0) is 15.8. The number of allylic oxidation sites excluding steroid dienone is 4. The van der Waals surface area contributed by atoms with Crippen LogP contribution in [0.25, 0.3) is 0 Å². The van der Waals surface area contributed by atoms with Gasteiger partial charge in [-0.15, -0.1) is 0 Å². The summed E-state index contributed by atoms with van der Waals surface area (Å²) in [6.07, 6.45) is 5.80. The second-order valence-electron chi connectivity index (χ2n) is 4.76. The molecule has 0 heterocycles. The monoisotopic (exact) mass is 299 g/mol. The maximum Gasteiger partial charge on any atom is 0.320 e. The van der Waals surface area contributed by atoms with Crippen molar-refractivity contribution >= 4 is 11.9 Å². The number of carboxylic acids is 2. The highest BCUT2D eigenvalue weighted by Crippen LogP contribution is 2.26. The van der Waals surface area contributed by atoms with E-state index in [0.717, 1.165) is 11.8 Å². The van der Waals surface area contributed by atoms with E-state index in [9.17, 15) is 14.0 Å². The van der Waals surface area contributed by atoms with Crippen LogP contribution >= 0.6 is 0 Å². The number of hydrogen-bond acceptors (Lipinski definition) is 4. The Balaban J connectivity index is 2.64. The topological polar surface area (TPSA) is 110 Å². The van der Waals surface area contributed by atoms with E-state index in [-0.39, 0.29) is 19.2 Å². The maximum atomic E-state index is 11.8. The molecule has 0 fully saturated rings. The Morgan fingerprint density at radius 3 is 2.52 bits per heavy atom. The molecule has 0 saturated carbocycles. The number of aliphatic carboxylic acids is 2. The molecule has 0 aromatic rings. The van der Waals surface area contributed by atoms with Crippen LogP contribution in [0.2, 0.25) is 0 Å². The van der Waals surface area contributed by atoms with Gasteiger partial charge in [-0.1, -0.05) is 11.6 Å². The summed E-state index contributed by atoms with van der Waals surface area (Å²) in [5, 5.41) is 17.9. The zero-order valence-electron chi connectivity index (χ0n) is 11.4. The van der Waals surface area contributed by atoms with E-state index in [1.807, 2.05) is 0 Å². The fraction of sp³-hybridized carbons (Fsp3) is 0.429. The summed E-state index contributed by atoms with van der Waals surface area (Å²) in [5.41, 5.74) is 6.25.